The molecule has 0 saturated carbocycles. The van der Waals surface area contributed by atoms with Crippen LogP contribution in [0.2, 0.25) is 0 Å². The third-order valence-corrected chi connectivity index (χ3v) is 5.67. The zero-order valence-electron chi connectivity index (χ0n) is 15.7. The van der Waals surface area contributed by atoms with Gasteiger partial charge in [-0.15, -0.1) is 0 Å². The summed E-state index contributed by atoms with van der Waals surface area (Å²) < 4.78 is 15.0. The first kappa shape index (κ1) is 17.7. The number of benzene rings is 2. The van der Waals surface area contributed by atoms with Crippen LogP contribution in [0.25, 0.3) is 11.0 Å². The number of nitrogens with zero attached hydrogens (tertiary/aromatic N) is 3. The van der Waals surface area contributed by atoms with Crippen LogP contribution in [0.1, 0.15) is 42.1 Å². The van der Waals surface area contributed by atoms with Crippen molar-refractivity contribution in [3.63, 3.8) is 0 Å². The number of carbonyl (C=O) groups excluding carboxylic acids is 1. The van der Waals surface area contributed by atoms with E-state index in [0.717, 1.165) is 42.3 Å². The summed E-state index contributed by atoms with van der Waals surface area (Å²) in [6.45, 7) is 2.12. The van der Waals surface area contributed by atoms with Gasteiger partial charge in [-0.05, 0) is 68.5 Å². The minimum atomic E-state index is -0.213. The lowest BCUT2D eigenvalue weighted by atomic mass is 10.0. The highest BCUT2D eigenvalue weighted by molar-refractivity contribution is 5.97. The number of likely N-dealkylation sites (tertiary alicyclic amines) is 1. The van der Waals surface area contributed by atoms with Crippen molar-refractivity contribution in [2.45, 2.75) is 44.7 Å². The van der Waals surface area contributed by atoms with E-state index in [1.807, 2.05) is 46.8 Å². The van der Waals surface area contributed by atoms with Gasteiger partial charge in [-0.25, -0.2) is 9.37 Å². The van der Waals surface area contributed by atoms with Gasteiger partial charge in [0.1, 0.15) is 5.82 Å². The van der Waals surface area contributed by atoms with Gasteiger partial charge in [-0.2, -0.15) is 0 Å². The Bertz CT molecular complexity index is 963. The molecule has 4 nitrogen and oxygen atoms in total. The van der Waals surface area contributed by atoms with Crippen molar-refractivity contribution in [1.29, 1.82) is 0 Å². The smallest absolute Gasteiger partial charge is 0.254 e. The molecule has 1 saturated heterocycles. The lowest BCUT2D eigenvalue weighted by molar-refractivity contribution is 0.0673. The number of halogens is 1. The normalized spacial score (nSPS) is 19.7. The van der Waals surface area contributed by atoms with Crippen LogP contribution in [0.3, 0.4) is 0 Å². The molecule has 4 rings (SSSR count). The summed E-state index contributed by atoms with van der Waals surface area (Å²) >= 11 is 0. The number of aromatic nitrogens is 2. The molecule has 140 valence electrons. The second kappa shape index (κ2) is 7.14. The molecule has 2 aromatic carbocycles. The van der Waals surface area contributed by atoms with Crippen LogP contribution >= 0.6 is 0 Å². The summed E-state index contributed by atoms with van der Waals surface area (Å²) in [5, 5.41) is 0. The second-order valence-corrected chi connectivity index (χ2v) is 7.52. The maximum Gasteiger partial charge on any atom is 0.254 e. The fourth-order valence-electron chi connectivity index (χ4n) is 4.12. The van der Waals surface area contributed by atoms with Gasteiger partial charge >= 0.3 is 0 Å². The molecule has 2 atom stereocenters. The zero-order valence-corrected chi connectivity index (χ0v) is 15.7. The quantitative estimate of drug-likeness (QED) is 0.690. The highest BCUT2D eigenvalue weighted by atomic mass is 19.1. The standard InChI is InChI=1S/C22H24FN3O/c1-15-3-10-19(11-6-16-4-8-18(23)9-5-16)26(15)22(27)17-7-12-21-20(13-17)24-14-25(21)2/h4-5,7-9,12-15,19H,3,6,10-11H2,1-2H3/t15-,19-/m1/s1. The van der Waals surface area contributed by atoms with E-state index in [1.165, 1.54) is 12.1 Å². The molecule has 0 unspecified atom stereocenters. The van der Waals surface area contributed by atoms with Gasteiger partial charge in [-0.1, -0.05) is 12.1 Å². The number of fused-ring (bicyclic) bond motifs is 1. The number of carbonyl (C=O) groups is 1. The van der Waals surface area contributed by atoms with E-state index < -0.39 is 0 Å². The monoisotopic (exact) mass is 365 g/mol. The topological polar surface area (TPSA) is 38.1 Å². The van der Waals surface area contributed by atoms with Crippen molar-refractivity contribution < 1.29 is 9.18 Å². The summed E-state index contributed by atoms with van der Waals surface area (Å²) in [6, 6.07) is 12.9. The van der Waals surface area contributed by atoms with E-state index in [-0.39, 0.29) is 23.8 Å². The third kappa shape index (κ3) is 3.46. The molecule has 0 bridgehead atoms. The zero-order chi connectivity index (χ0) is 19.0. The Balaban J connectivity index is 1.51. The average molecular weight is 365 g/mol. The van der Waals surface area contributed by atoms with Crippen molar-refractivity contribution in [2.75, 3.05) is 0 Å². The van der Waals surface area contributed by atoms with Crippen molar-refractivity contribution >= 4 is 16.9 Å². The number of imidazole rings is 1. The average Bonchev–Trinajstić information content (AvgIpc) is 3.23. The highest BCUT2D eigenvalue weighted by Gasteiger charge is 2.34. The van der Waals surface area contributed by atoms with Crippen molar-refractivity contribution in [3.05, 3.63) is 65.7 Å². The molecule has 0 radical (unpaired) electrons. The second-order valence-electron chi connectivity index (χ2n) is 7.52. The van der Waals surface area contributed by atoms with Crippen molar-refractivity contribution in [3.8, 4) is 0 Å². The molecular formula is C22H24FN3O. The minimum Gasteiger partial charge on any atom is -0.334 e. The van der Waals surface area contributed by atoms with Gasteiger partial charge in [0.15, 0.2) is 0 Å². The molecule has 1 aliphatic heterocycles. The molecular weight excluding hydrogens is 341 g/mol. The van der Waals surface area contributed by atoms with Crippen LogP contribution in [0.5, 0.6) is 0 Å². The molecule has 1 aromatic heterocycles. The maximum atomic E-state index is 13.2. The molecule has 0 spiro atoms. The number of hydrogen-bond acceptors (Lipinski definition) is 2. The Morgan fingerprint density at radius 2 is 1.96 bits per heavy atom. The molecule has 1 aliphatic rings. The number of hydrogen-bond donors (Lipinski definition) is 0. The van der Waals surface area contributed by atoms with Crippen LogP contribution in [-0.4, -0.2) is 32.4 Å². The van der Waals surface area contributed by atoms with E-state index in [2.05, 4.69) is 11.9 Å². The fraction of sp³-hybridized carbons (Fsp3) is 0.364. The Morgan fingerprint density at radius 3 is 2.74 bits per heavy atom. The number of rotatable bonds is 4. The minimum absolute atomic E-state index is 0.0802. The first-order valence-corrected chi connectivity index (χ1v) is 9.51. The first-order valence-electron chi connectivity index (χ1n) is 9.51. The number of aryl methyl sites for hydroxylation is 2. The molecule has 0 N–H and O–H groups in total. The van der Waals surface area contributed by atoms with Crippen molar-refractivity contribution in [2.24, 2.45) is 7.05 Å². The van der Waals surface area contributed by atoms with Crippen LogP contribution in [0, 0.1) is 5.82 Å². The third-order valence-electron chi connectivity index (χ3n) is 5.67. The van der Waals surface area contributed by atoms with E-state index in [1.54, 1.807) is 6.33 Å². The van der Waals surface area contributed by atoms with Crippen LogP contribution in [-0.2, 0) is 13.5 Å². The molecule has 5 heteroatoms. The molecule has 27 heavy (non-hydrogen) atoms. The Kier molecular flexibility index (Phi) is 4.68. The van der Waals surface area contributed by atoms with Gasteiger partial charge in [0.25, 0.3) is 5.91 Å². The van der Waals surface area contributed by atoms with Gasteiger partial charge in [0.2, 0.25) is 0 Å². The predicted molar refractivity (Wildman–Crippen MR) is 104 cm³/mol. The largest absolute Gasteiger partial charge is 0.334 e. The molecule has 2 heterocycles. The van der Waals surface area contributed by atoms with Crippen LogP contribution in [0.4, 0.5) is 4.39 Å². The van der Waals surface area contributed by atoms with E-state index in [4.69, 9.17) is 0 Å². The van der Waals surface area contributed by atoms with Gasteiger partial charge in [-0.3, -0.25) is 4.79 Å². The Morgan fingerprint density at radius 1 is 1.19 bits per heavy atom. The summed E-state index contributed by atoms with van der Waals surface area (Å²) in [5.41, 5.74) is 3.67. The molecule has 0 aliphatic carbocycles. The van der Waals surface area contributed by atoms with Gasteiger partial charge in [0.05, 0.1) is 17.4 Å². The lowest BCUT2D eigenvalue weighted by Crippen LogP contribution is -2.40. The SMILES string of the molecule is C[C@@H]1CC[C@H](CCc2ccc(F)cc2)N1C(=O)c1ccc2c(c1)ncn2C. The van der Waals surface area contributed by atoms with Crippen molar-refractivity contribution in [1.82, 2.24) is 14.5 Å². The van der Waals surface area contributed by atoms with Gasteiger partial charge < -0.3 is 9.47 Å². The number of amides is 1. The summed E-state index contributed by atoms with van der Waals surface area (Å²) in [6.07, 6.45) is 5.54. The predicted octanol–water partition coefficient (Wildman–Crippen LogP) is 4.34. The molecule has 1 amide bonds. The van der Waals surface area contributed by atoms with Crippen LogP contribution in [0.15, 0.2) is 48.8 Å². The molecule has 1 fully saturated rings. The fourth-order valence-corrected chi connectivity index (χ4v) is 4.12. The van der Waals surface area contributed by atoms with E-state index in [9.17, 15) is 9.18 Å². The van der Waals surface area contributed by atoms with E-state index >= 15 is 0 Å². The summed E-state index contributed by atoms with van der Waals surface area (Å²) in [7, 11) is 1.95. The van der Waals surface area contributed by atoms with Crippen LogP contribution < -0.4 is 0 Å². The Labute approximate surface area is 158 Å². The summed E-state index contributed by atoms with van der Waals surface area (Å²) in [5.74, 6) is -0.133. The lowest BCUT2D eigenvalue weighted by Gasteiger charge is -2.29. The highest BCUT2D eigenvalue weighted by Crippen LogP contribution is 2.29. The molecule has 3 aromatic rings. The first-order chi connectivity index (χ1) is 13.0. The van der Waals surface area contributed by atoms with Gasteiger partial charge in [0, 0.05) is 24.7 Å². The van der Waals surface area contributed by atoms with E-state index in [0.29, 0.717) is 5.56 Å². The summed E-state index contributed by atoms with van der Waals surface area (Å²) in [4.78, 5) is 19.6. The Hall–Kier alpha value is -2.69. The maximum absolute atomic E-state index is 13.2.